The minimum Gasteiger partial charge on any atom is -0.494 e. The van der Waals surface area contributed by atoms with Crippen molar-refractivity contribution < 1.29 is 23.7 Å². The van der Waals surface area contributed by atoms with Crippen molar-refractivity contribution in [1.29, 1.82) is 0 Å². The summed E-state index contributed by atoms with van der Waals surface area (Å²) in [6.45, 7) is 2.61. The summed E-state index contributed by atoms with van der Waals surface area (Å²) in [4.78, 5) is 13.1. The maximum atomic E-state index is 13.1. The number of hydrogen-bond donors (Lipinski definition) is 0. The standard InChI is InChI=1S/C22H26O5/c1-5-27-16-8-6-14(7-9-16)17-10-11-18(17)21(23)15-12-19(24-2)22(26-4)20(13-15)25-3/h6-9,12-13,17-18H,5,10-11H2,1-4H3. The Morgan fingerprint density at radius 2 is 1.59 bits per heavy atom. The lowest BCUT2D eigenvalue weighted by molar-refractivity contribution is 0.0818. The molecule has 0 spiro atoms. The monoisotopic (exact) mass is 370 g/mol. The smallest absolute Gasteiger partial charge is 0.203 e. The molecular weight excluding hydrogens is 344 g/mol. The molecule has 3 rings (SSSR count). The summed E-state index contributed by atoms with van der Waals surface area (Å²) < 4.78 is 21.6. The third kappa shape index (κ3) is 3.72. The first-order valence-corrected chi connectivity index (χ1v) is 9.19. The van der Waals surface area contributed by atoms with E-state index in [1.165, 1.54) is 5.56 Å². The molecule has 2 atom stereocenters. The van der Waals surface area contributed by atoms with Gasteiger partial charge in [-0.3, -0.25) is 4.79 Å². The molecular formula is C22H26O5. The molecule has 0 amide bonds. The van der Waals surface area contributed by atoms with Gasteiger partial charge in [0.05, 0.1) is 27.9 Å². The fraction of sp³-hybridized carbons (Fsp3) is 0.409. The number of rotatable bonds is 8. The molecule has 1 aliphatic carbocycles. The second kappa shape index (κ2) is 8.33. The minimum absolute atomic E-state index is 0.0363. The molecule has 1 fully saturated rings. The third-order valence-corrected chi connectivity index (χ3v) is 5.18. The summed E-state index contributed by atoms with van der Waals surface area (Å²) >= 11 is 0. The van der Waals surface area contributed by atoms with Gasteiger partial charge in [0, 0.05) is 11.5 Å². The molecule has 0 aliphatic heterocycles. The van der Waals surface area contributed by atoms with Crippen molar-refractivity contribution >= 4 is 5.78 Å². The molecule has 0 radical (unpaired) electrons. The number of methoxy groups -OCH3 is 3. The summed E-state index contributed by atoms with van der Waals surface area (Å²) in [6.07, 6.45) is 1.89. The Morgan fingerprint density at radius 3 is 2.04 bits per heavy atom. The highest BCUT2D eigenvalue weighted by molar-refractivity contribution is 6.00. The molecule has 144 valence electrons. The van der Waals surface area contributed by atoms with Gasteiger partial charge >= 0.3 is 0 Å². The summed E-state index contributed by atoms with van der Waals surface area (Å²) in [5.74, 6) is 2.65. The van der Waals surface area contributed by atoms with Gasteiger partial charge in [-0.05, 0) is 55.5 Å². The number of carbonyl (C=O) groups excluding carboxylic acids is 1. The second-order valence-electron chi connectivity index (χ2n) is 6.57. The number of ether oxygens (including phenoxy) is 4. The van der Waals surface area contributed by atoms with Crippen LogP contribution in [-0.4, -0.2) is 33.7 Å². The van der Waals surface area contributed by atoms with E-state index in [0.29, 0.717) is 29.4 Å². The zero-order valence-corrected chi connectivity index (χ0v) is 16.3. The van der Waals surface area contributed by atoms with Crippen molar-refractivity contribution in [1.82, 2.24) is 0 Å². The van der Waals surface area contributed by atoms with E-state index < -0.39 is 0 Å². The van der Waals surface area contributed by atoms with Gasteiger partial charge in [-0.15, -0.1) is 0 Å². The molecule has 0 heterocycles. The fourth-order valence-electron chi connectivity index (χ4n) is 3.63. The van der Waals surface area contributed by atoms with Crippen LogP contribution in [0.3, 0.4) is 0 Å². The molecule has 0 saturated heterocycles. The van der Waals surface area contributed by atoms with Crippen LogP contribution in [0.4, 0.5) is 0 Å². The lowest BCUT2D eigenvalue weighted by Gasteiger charge is -2.36. The molecule has 1 aliphatic rings. The van der Waals surface area contributed by atoms with Crippen molar-refractivity contribution in [2.75, 3.05) is 27.9 Å². The van der Waals surface area contributed by atoms with Gasteiger partial charge in [-0.1, -0.05) is 12.1 Å². The Labute approximate surface area is 160 Å². The predicted molar refractivity (Wildman–Crippen MR) is 104 cm³/mol. The van der Waals surface area contributed by atoms with Crippen LogP contribution < -0.4 is 18.9 Å². The quantitative estimate of drug-likeness (QED) is 0.641. The number of ketones is 1. The first-order chi connectivity index (χ1) is 13.1. The number of benzene rings is 2. The van der Waals surface area contributed by atoms with Crippen LogP contribution in [0.5, 0.6) is 23.0 Å². The highest BCUT2D eigenvalue weighted by Gasteiger charge is 2.38. The molecule has 2 unspecified atom stereocenters. The summed E-state index contributed by atoms with van der Waals surface area (Å²) in [5.41, 5.74) is 1.76. The van der Waals surface area contributed by atoms with Gasteiger partial charge < -0.3 is 18.9 Å². The largest absolute Gasteiger partial charge is 0.494 e. The highest BCUT2D eigenvalue weighted by Crippen LogP contribution is 2.46. The topological polar surface area (TPSA) is 54.0 Å². The van der Waals surface area contributed by atoms with Crippen molar-refractivity contribution in [3.63, 3.8) is 0 Å². The second-order valence-corrected chi connectivity index (χ2v) is 6.57. The molecule has 2 aromatic rings. The Morgan fingerprint density at radius 1 is 0.963 bits per heavy atom. The van der Waals surface area contributed by atoms with E-state index in [4.69, 9.17) is 18.9 Å². The van der Waals surface area contributed by atoms with Crippen LogP contribution in [0, 0.1) is 5.92 Å². The number of Topliss-reactive ketones (excluding diaryl/α,β-unsaturated/α-hetero) is 1. The van der Waals surface area contributed by atoms with E-state index in [1.54, 1.807) is 33.5 Å². The van der Waals surface area contributed by atoms with Crippen LogP contribution in [0.25, 0.3) is 0 Å². The Hall–Kier alpha value is -2.69. The lowest BCUT2D eigenvalue weighted by atomic mass is 9.67. The average Bonchev–Trinajstić information content (AvgIpc) is 2.67. The lowest BCUT2D eigenvalue weighted by Crippen LogP contribution is -2.31. The molecule has 0 bridgehead atoms. The van der Waals surface area contributed by atoms with E-state index in [1.807, 2.05) is 19.1 Å². The third-order valence-electron chi connectivity index (χ3n) is 5.18. The summed E-state index contributed by atoms with van der Waals surface area (Å²) in [7, 11) is 4.66. The molecule has 2 aromatic carbocycles. The zero-order valence-electron chi connectivity index (χ0n) is 16.3. The van der Waals surface area contributed by atoms with E-state index in [0.717, 1.165) is 18.6 Å². The van der Waals surface area contributed by atoms with Gasteiger partial charge in [0.15, 0.2) is 17.3 Å². The average molecular weight is 370 g/mol. The predicted octanol–water partition coefficient (Wildman–Crippen LogP) is 4.49. The van der Waals surface area contributed by atoms with Gasteiger partial charge in [0.1, 0.15) is 5.75 Å². The summed E-state index contributed by atoms with van der Waals surface area (Å²) in [5, 5.41) is 0. The van der Waals surface area contributed by atoms with Gasteiger partial charge in [-0.2, -0.15) is 0 Å². The maximum Gasteiger partial charge on any atom is 0.203 e. The normalized spacial score (nSPS) is 18.4. The molecule has 27 heavy (non-hydrogen) atoms. The van der Waals surface area contributed by atoms with E-state index in [-0.39, 0.29) is 17.6 Å². The van der Waals surface area contributed by atoms with Crippen LogP contribution in [0.2, 0.25) is 0 Å². The Kier molecular flexibility index (Phi) is 5.89. The minimum atomic E-state index is -0.0363. The first-order valence-electron chi connectivity index (χ1n) is 9.19. The SMILES string of the molecule is CCOc1ccc(C2CCC2C(=O)c2cc(OC)c(OC)c(OC)c2)cc1. The first kappa shape index (κ1) is 19.1. The molecule has 1 saturated carbocycles. The number of carbonyl (C=O) groups is 1. The number of hydrogen-bond acceptors (Lipinski definition) is 5. The molecule has 0 N–H and O–H groups in total. The van der Waals surface area contributed by atoms with Gasteiger partial charge in [-0.25, -0.2) is 0 Å². The van der Waals surface area contributed by atoms with E-state index in [2.05, 4.69) is 12.1 Å². The molecule has 5 nitrogen and oxygen atoms in total. The maximum absolute atomic E-state index is 13.1. The van der Waals surface area contributed by atoms with Crippen LogP contribution in [0.15, 0.2) is 36.4 Å². The fourth-order valence-corrected chi connectivity index (χ4v) is 3.63. The highest BCUT2D eigenvalue weighted by atomic mass is 16.5. The molecule has 0 aromatic heterocycles. The van der Waals surface area contributed by atoms with Crippen LogP contribution in [0.1, 0.15) is 41.6 Å². The van der Waals surface area contributed by atoms with Gasteiger partial charge in [0.2, 0.25) is 5.75 Å². The van der Waals surface area contributed by atoms with E-state index in [9.17, 15) is 4.79 Å². The van der Waals surface area contributed by atoms with Gasteiger partial charge in [0.25, 0.3) is 0 Å². The van der Waals surface area contributed by atoms with Crippen molar-refractivity contribution in [3.05, 3.63) is 47.5 Å². The zero-order chi connectivity index (χ0) is 19.4. The van der Waals surface area contributed by atoms with E-state index >= 15 is 0 Å². The van der Waals surface area contributed by atoms with Crippen molar-refractivity contribution in [3.8, 4) is 23.0 Å². The Balaban J connectivity index is 1.83. The van der Waals surface area contributed by atoms with Crippen molar-refractivity contribution in [2.45, 2.75) is 25.7 Å². The van der Waals surface area contributed by atoms with Crippen molar-refractivity contribution in [2.24, 2.45) is 5.92 Å². The molecule has 5 heteroatoms. The van der Waals surface area contributed by atoms with Crippen LogP contribution >= 0.6 is 0 Å². The van der Waals surface area contributed by atoms with Crippen LogP contribution in [-0.2, 0) is 0 Å². The summed E-state index contributed by atoms with van der Waals surface area (Å²) in [6, 6.07) is 11.5. The Bertz CT molecular complexity index is 772.